The van der Waals surface area contributed by atoms with Gasteiger partial charge in [-0.3, -0.25) is 13.9 Å². The number of benzene rings is 3. The highest BCUT2D eigenvalue weighted by molar-refractivity contribution is 7.92. The molecule has 2 atom stereocenters. The van der Waals surface area contributed by atoms with Gasteiger partial charge in [-0.2, -0.15) is 0 Å². The summed E-state index contributed by atoms with van der Waals surface area (Å²) >= 11 is 12.2. The van der Waals surface area contributed by atoms with Crippen molar-refractivity contribution in [3.63, 3.8) is 0 Å². The topological polar surface area (TPSA) is 86.8 Å². The number of hydrogen-bond acceptors (Lipinski definition) is 4. The summed E-state index contributed by atoms with van der Waals surface area (Å²) in [5.41, 5.74) is 1.04. The molecule has 0 aliphatic heterocycles. The van der Waals surface area contributed by atoms with E-state index in [1.54, 1.807) is 18.2 Å². The molecule has 10 heteroatoms. The van der Waals surface area contributed by atoms with Gasteiger partial charge in [0.2, 0.25) is 11.8 Å². The first-order valence-corrected chi connectivity index (χ1v) is 14.9. The molecule has 3 aromatic rings. The van der Waals surface area contributed by atoms with Gasteiger partial charge in [-0.05, 0) is 67.8 Å². The largest absolute Gasteiger partial charge is 0.352 e. The number of hydrogen-bond donors (Lipinski definition) is 1. The maximum absolute atomic E-state index is 14.0. The summed E-state index contributed by atoms with van der Waals surface area (Å²) in [5.74, 6) is -0.812. The van der Waals surface area contributed by atoms with Gasteiger partial charge < -0.3 is 10.2 Å². The van der Waals surface area contributed by atoms with E-state index in [0.717, 1.165) is 16.3 Å². The maximum atomic E-state index is 14.0. The second kappa shape index (κ2) is 13.8. The highest BCUT2D eigenvalue weighted by Gasteiger charge is 2.34. The van der Waals surface area contributed by atoms with Crippen molar-refractivity contribution < 1.29 is 18.0 Å². The quantitative estimate of drug-likeness (QED) is 0.284. The van der Waals surface area contributed by atoms with Crippen LogP contribution in [0.25, 0.3) is 0 Å². The first-order chi connectivity index (χ1) is 18.6. The van der Waals surface area contributed by atoms with Gasteiger partial charge in [-0.1, -0.05) is 73.4 Å². The van der Waals surface area contributed by atoms with E-state index >= 15 is 0 Å². The molecule has 2 unspecified atom stereocenters. The van der Waals surface area contributed by atoms with Crippen LogP contribution in [-0.4, -0.2) is 43.8 Å². The van der Waals surface area contributed by atoms with E-state index in [1.165, 1.54) is 35.2 Å². The highest BCUT2D eigenvalue weighted by atomic mass is 35.5. The Morgan fingerprint density at radius 2 is 1.54 bits per heavy atom. The second-order valence-corrected chi connectivity index (χ2v) is 11.9. The van der Waals surface area contributed by atoms with E-state index in [1.807, 2.05) is 51.1 Å². The first-order valence-electron chi connectivity index (χ1n) is 12.7. The fourth-order valence-corrected chi connectivity index (χ4v) is 5.75. The molecule has 0 spiro atoms. The molecule has 0 fully saturated rings. The van der Waals surface area contributed by atoms with E-state index in [-0.39, 0.29) is 29.1 Å². The standard InChI is InChI=1S/C29H33Cl2N3O4S/c1-4-21(3)32-29(36)27(5-2)33(19-22-10-7-6-8-11-22)28(35)20-34(25-13-9-12-24(31)18-25)39(37,38)26-16-14-23(30)15-17-26/h6-18,21,27H,4-5,19-20H2,1-3H3,(H,32,36). The highest BCUT2D eigenvalue weighted by Crippen LogP contribution is 2.27. The molecule has 0 saturated carbocycles. The number of halogens is 2. The number of nitrogens with one attached hydrogen (secondary N) is 1. The second-order valence-electron chi connectivity index (χ2n) is 9.19. The number of sulfonamides is 1. The Hall–Kier alpha value is -3.07. The zero-order valence-corrected chi connectivity index (χ0v) is 24.5. The summed E-state index contributed by atoms with van der Waals surface area (Å²) in [6.45, 7) is 5.28. The number of carbonyl (C=O) groups is 2. The zero-order valence-electron chi connectivity index (χ0n) is 22.2. The Kier molecular flexibility index (Phi) is 10.8. The van der Waals surface area contributed by atoms with Crippen LogP contribution in [0, 0.1) is 0 Å². The lowest BCUT2D eigenvalue weighted by Crippen LogP contribution is -2.53. The normalized spacial score (nSPS) is 12.8. The van der Waals surface area contributed by atoms with Crippen LogP contribution in [0.15, 0.2) is 83.8 Å². The molecule has 39 heavy (non-hydrogen) atoms. The summed E-state index contributed by atoms with van der Waals surface area (Å²) in [5, 5.41) is 3.66. The Morgan fingerprint density at radius 3 is 2.13 bits per heavy atom. The number of carbonyl (C=O) groups excluding carboxylic acids is 2. The minimum Gasteiger partial charge on any atom is -0.352 e. The van der Waals surface area contributed by atoms with Gasteiger partial charge in [-0.15, -0.1) is 0 Å². The molecule has 0 aliphatic carbocycles. The van der Waals surface area contributed by atoms with Crippen molar-refractivity contribution in [3.8, 4) is 0 Å². The molecule has 0 aliphatic rings. The molecule has 0 heterocycles. The molecule has 0 bridgehead atoms. The summed E-state index contributed by atoms with van der Waals surface area (Å²) in [7, 11) is -4.20. The van der Waals surface area contributed by atoms with E-state index < -0.39 is 28.5 Å². The third-order valence-corrected chi connectivity index (χ3v) is 8.63. The Labute approximate surface area is 240 Å². The Morgan fingerprint density at radius 1 is 0.872 bits per heavy atom. The maximum Gasteiger partial charge on any atom is 0.264 e. The van der Waals surface area contributed by atoms with Crippen LogP contribution < -0.4 is 9.62 Å². The van der Waals surface area contributed by atoms with Crippen LogP contribution in [0.3, 0.4) is 0 Å². The molecule has 0 radical (unpaired) electrons. The number of rotatable bonds is 12. The van der Waals surface area contributed by atoms with Crippen LogP contribution in [0.4, 0.5) is 5.69 Å². The molecule has 1 N–H and O–H groups in total. The van der Waals surface area contributed by atoms with Crippen LogP contribution in [-0.2, 0) is 26.2 Å². The third kappa shape index (κ3) is 7.97. The Bertz CT molecular complexity index is 1370. The van der Waals surface area contributed by atoms with Crippen molar-refractivity contribution in [1.29, 1.82) is 0 Å². The molecule has 208 valence electrons. The molecule has 0 saturated heterocycles. The van der Waals surface area contributed by atoms with Gasteiger partial charge in [0.05, 0.1) is 10.6 Å². The lowest BCUT2D eigenvalue weighted by atomic mass is 10.1. The lowest BCUT2D eigenvalue weighted by molar-refractivity contribution is -0.140. The average Bonchev–Trinajstić information content (AvgIpc) is 2.92. The molecule has 3 aromatic carbocycles. The van der Waals surface area contributed by atoms with Gasteiger partial charge in [0.1, 0.15) is 12.6 Å². The fourth-order valence-electron chi connectivity index (χ4n) is 4.03. The van der Waals surface area contributed by atoms with E-state index in [0.29, 0.717) is 16.5 Å². The predicted molar refractivity (Wildman–Crippen MR) is 156 cm³/mol. The van der Waals surface area contributed by atoms with Crippen molar-refractivity contribution in [1.82, 2.24) is 10.2 Å². The van der Waals surface area contributed by atoms with Crippen molar-refractivity contribution >= 4 is 50.7 Å². The van der Waals surface area contributed by atoms with Crippen molar-refractivity contribution in [2.75, 3.05) is 10.8 Å². The van der Waals surface area contributed by atoms with Crippen LogP contribution in [0.5, 0.6) is 0 Å². The SMILES string of the molecule is CCC(C)NC(=O)C(CC)N(Cc1ccccc1)C(=O)CN(c1cccc(Cl)c1)S(=O)(=O)c1ccc(Cl)cc1. The smallest absolute Gasteiger partial charge is 0.264 e. The number of amides is 2. The van der Waals surface area contributed by atoms with Crippen LogP contribution in [0.2, 0.25) is 10.0 Å². The molecule has 7 nitrogen and oxygen atoms in total. The zero-order chi connectivity index (χ0) is 28.6. The van der Waals surface area contributed by atoms with E-state index in [4.69, 9.17) is 23.2 Å². The molecule has 2 amide bonds. The van der Waals surface area contributed by atoms with Gasteiger partial charge in [0, 0.05) is 22.6 Å². The number of nitrogens with zero attached hydrogens (tertiary/aromatic N) is 2. The van der Waals surface area contributed by atoms with Crippen LogP contribution in [0.1, 0.15) is 39.2 Å². The molecule has 3 rings (SSSR count). The lowest BCUT2D eigenvalue weighted by Gasteiger charge is -2.33. The van der Waals surface area contributed by atoms with E-state index in [9.17, 15) is 18.0 Å². The van der Waals surface area contributed by atoms with Gasteiger partial charge in [0.25, 0.3) is 10.0 Å². The Balaban J connectivity index is 2.04. The minimum absolute atomic E-state index is 0.0316. The monoisotopic (exact) mass is 589 g/mol. The average molecular weight is 591 g/mol. The van der Waals surface area contributed by atoms with E-state index in [2.05, 4.69) is 5.32 Å². The molecular formula is C29H33Cl2N3O4S. The fraction of sp³-hybridized carbons (Fsp3) is 0.310. The molecule has 0 aromatic heterocycles. The molecular weight excluding hydrogens is 557 g/mol. The summed E-state index contributed by atoms with van der Waals surface area (Å²) in [6.07, 6.45) is 1.08. The van der Waals surface area contributed by atoms with Gasteiger partial charge in [-0.25, -0.2) is 8.42 Å². The minimum atomic E-state index is -4.20. The van der Waals surface area contributed by atoms with Crippen molar-refractivity contribution in [2.24, 2.45) is 0 Å². The predicted octanol–water partition coefficient (Wildman–Crippen LogP) is 5.91. The van der Waals surface area contributed by atoms with Gasteiger partial charge in [0.15, 0.2) is 0 Å². The van der Waals surface area contributed by atoms with Gasteiger partial charge >= 0.3 is 0 Å². The summed E-state index contributed by atoms with van der Waals surface area (Å²) < 4.78 is 28.7. The summed E-state index contributed by atoms with van der Waals surface area (Å²) in [6, 6.07) is 20.4. The number of anilines is 1. The summed E-state index contributed by atoms with van der Waals surface area (Å²) in [4.78, 5) is 28.7. The van der Waals surface area contributed by atoms with Crippen molar-refractivity contribution in [2.45, 2.75) is 57.1 Å². The van der Waals surface area contributed by atoms with Crippen LogP contribution >= 0.6 is 23.2 Å². The first kappa shape index (κ1) is 30.5. The third-order valence-electron chi connectivity index (χ3n) is 6.36. The van der Waals surface area contributed by atoms with Crippen molar-refractivity contribution in [3.05, 3.63) is 94.5 Å².